The third-order valence-corrected chi connectivity index (χ3v) is 4.42. The van der Waals surface area contributed by atoms with Gasteiger partial charge in [-0.25, -0.2) is 13.8 Å². The fraction of sp³-hybridized carbons (Fsp3) is 0.389. The van der Waals surface area contributed by atoms with Crippen molar-refractivity contribution in [2.75, 3.05) is 12.4 Å². The van der Waals surface area contributed by atoms with Gasteiger partial charge in [0.1, 0.15) is 0 Å². The molecule has 0 unspecified atom stereocenters. The van der Waals surface area contributed by atoms with Gasteiger partial charge in [0.15, 0.2) is 11.6 Å². The van der Waals surface area contributed by atoms with Gasteiger partial charge in [0.2, 0.25) is 11.8 Å². The first-order chi connectivity index (χ1) is 12.5. The van der Waals surface area contributed by atoms with Crippen molar-refractivity contribution in [3.05, 3.63) is 47.7 Å². The summed E-state index contributed by atoms with van der Waals surface area (Å²) in [5.41, 5.74) is 0.119. The van der Waals surface area contributed by atoms with Crippen LogP contribution in [0.5, 0.6) is 5.88 Å². The minimum absolute atomic E-state index is 0. The van der Waals surface area contributed by atoms with E-state index in [0.29, 0.717) is 11.8 Å². The number of hydrogen-bond donors (Lipinski definition) is 2. The third kappa shape index (κ3) is 5.50. The highest BCUT2D eigenvalue weighted by Crippen LogP contribution is 2.22. The van der Waals surface area contributed by atoms with Crippen molar-refractivity contribution in [3.8, 4) is 5.88 Å². The third-order valence-electron chi connectivity index (χ3n) is 4.42. The first-order valence-electron chi connectivity index (χ1n) is 8.44. The standard InChI is InChI=1S/C18H20F2N4O2.ClH/c1-26-16-8-9-21-18(24-16)23-13-5-3-12(4-6-13)22-17(25)11-2-7-14(19)15(20)10-11;/h2,7-10,12-13H,3-6H2,1H3,(H,22,25)(H,21,23,24);1H/t12-,13+;. The average Bonchev–Trinajstić information content (AvgIpc) is 2.65. The van der Waals surface area contributed by atoms with Crippen molar-refractivity contribution >= 4 is 24.3 Å². The number of nitrogens with zero attached hydrogens (tertiary/aromatic N) is 2. The van der Waals surface area contributed by atoms with E-state index in [9.17, 15) is 13.6 Å². The molecule has 0 atom stereocenters. The van der Waals surface area contributed by atoms with Gasteiger partial charge in [0.25, 0.3) is 5.91 Å². The topological polar surface area (TPSA) is 76.1 Å². The number of aromatic nitrogens is 2. The van der Waals surface area contributed by atoms with E-state index in [4.69, 9.17) is 4.74 Å². The zero-order chi connectivity index (χ0) is 18.5. The van der Waals surface area contributed by atoms with Gasteiger partial charge in [0, 0.05) is 29.9 Å². The molecule has 1 amide bonds. The first-order valence-corrected chi connectivity index (χ1v) is 8.44. The molecule has 0 radical (unpaired) electrons. The van der Waals surface area contributed by atoms with E-state index in [1.807, 2.05) is 0 Å². The Morgan fingerprint density at radius 2 is 1.81 bits per heavy atom. The van der Waals surface area contributed by atoms with Gasteiger partial charge >= 0.3 is 0 Å². The molecule has 2 aromatic rings. The van der Waals surface area contributed by atoms with E-state index in [1.165, 1.54) is 6.07 Å². The molecular weight excluding hydrogens is 378 g/mol. The SMILES string of the molecule is COc1ccnc(N[C@H]2CC[C@@H](NC(=O)c3ccc(F)c(F)c3)CC2)n1.Cl. The number of methoxy groups -OCH3 is 1. The van der Waals surface area contributed by atoms with Crippen LogP contribution in [0.15, 0.2) is 30.5 Å². The molecule has 1 aromatic carbocycles. The van der Waals surface area contributed by atoms with E-state index in [0.717, 1.165) is 37.8 Å². The number of carbonyl (C=O) groups excluding carboxylic acids is 1. The number of halogens is 3. The monoisotopic (exact) mass is 398 g/mol. The predicted molar refractivity (Wildman–Crippen MR) is 99.3 cm³/mol. The molecule has 0 aliphatic heterocycles. The lowest BCUT2D eigenvalue weighted by Crippen LogP contribution is -2.40. The van der Waals surface area contributed by atoms with Gasteiger partial charge in [0.05, 0.1) is 7.11 Å². The second-order valence-corrected chi connectivity index (χ2v) is 6.22. The second-order valence-electron chi connectivity index (χ2n) is 6.22. The van der Waals surface area contributed by atoms with Crippen LogP contribution in [-0.4, -0.2) is 35.1 Å². The molecule has 0 spiro atoms. The molecule has 1 fully saturated rings. The number of benzene rings is 1. The highest BCUT2D eigenvalue weighted by molar-refractivity contribution is 5.94. The Labute approximate surface area is 162 Å². The fourth-order valence-electron chi connectivity index (χ4n) is 3.00. The van der Waals surface area contributed by atoms with Crippen LogP contribution in [0.4, 0.5) is 14.7 Å². The van der Waals surface area contributed by atoms with Crippen LogP contribution in [0, 0.1) is 11.6 Å². The molecule has 146 valence electrons. The number of rotatable bonds is 5. The summed E-state index contributed by atoms with van der Waals surface area (Å²) < 4.78 is 31.3. The van der Waals surface area contributed by atoms with E-state index in [-0.39, 0.29) is 30.1 Å². The summed E-state index contributed by atoms with van der Waals surface area (Å²) in [7, 11) is 1.55. The fourth-order valence-corrected chi connectivity index (χ4v) is 3.00. The zero-order valence-electron chi connectivity index (χ0n) is 14.7. The molecule has 9 heteroatoms. The molecule has 1 aromatic heterocycles. The van der Waals surface area contributed by atoms with Crippen molar-refractivity contribution in [1.29, 1.82) is 0 Å². The van der Waals surface area contributed by atoms with Crippen LogP contribution in [-0.2, 0) is 0 Å². The number of carbonyl (C=O) groups is 1. The number of anilines is 1. The number of amides is 1. The molecule has 1 aliphatic rings. The van der Waals surface area contributed by atoms with Gasteiger partial charge in [-0.2, -0.15) is 4.98 Å². The maximum atomic E-state index is 13.2. The molecule has 27 heavy (non-hydrogen) atoms. The molecule has 3 rings (SSSR count). The normalized spacial score (nSPS) is 18.9. The van der Waals surface area contributed by atoms with Crippen molar-refractivity contribution < 1.29 is 18.3 Å². The Balaban J connectivity index is 0.00000261. The minimum Gasteiger partial charge on any atom is -0.481 e. The van der Waals surface area contributed by atoms with Crippen LogP contribution >= 0.6 is 12.4 Å². The van der Waals surface area contributed by atoms with E-state index < -0.39 is 17.5 Å². The van der Waals surface area contributed by atoms with Crippen molar-refractivity contribution in [2.24, 2.45) is 0 Å². The quantitative estimate of drug-likeness (QED) is 0.807. The molecule has 1 saturated carbocycles. The minimum atomic E-state index is -1.02. The summed E-state index contributed by atoms with van der Waals surface area (Å²) in [4.78, 5) is 20.6. The summed E-state index contributed by atoms with van der Waals surface area (Å²) in [6.07, 6.45) is 4.85. The summed E-state index contributed by atoms with van der Waals surface area (Å²) in [6.45, 7) is 0. The number of ether oxygens (including phenoxy) is 1. The maximum Gasteiger partial charge on any atom is 0.251 e. The van der Waals surface area contributed by atoms with Gasteiger partial charge in [-0.15, -0.1) is 12.4 Å². The number of nitrogens with one attached hydrogen (secondary N) is 2. The van der Waals surface area contributed by atoms with Crippen LogP contribution in [0.3, 0.4) is 0 Å². The summed E-state index contributed by atoms with van der Waals surface area (Å²) in [6, 6.07) is 5.03. The van der Waals surface area contributed by atoms with Crippen molar-refractivity contribution in [1.82, 2.24) is 15.3 Å². The van der Waals surface area contributed by atoms with Crippen molar-refractivity contribution in [3.63, 3.8) is 0 Å². The highest BCUT2D eigenvalue weighted by atomic mass is 35.5. The van der Waals surface area contributed by atoms with E-state index >= 15 is 0 Å². The Kier molecular flexibility index (Phi) is 7.29. The molecule has 1 heterocycles. The Morgan fingerprint density at radius 1 is 1.11 bits per heavy atom. The van der Waals surface area contributed by atoms with Crippen LogP contribution in [0.25, 0.3) is 0 Å². The van der Waals surface area contributed by atoms with Gasteiger partial charge in [-0.3, -0.25) is 4.79 Å². The molecule has 0 bridgehead atoms. The Morgan fingerprint density at radius 3 is 2.48 bits per heavy atom. The molecular formula is C18H21ClF2N4O2. The highest BCUT2D eigenvalue weighted by Gasteiger charge is 2.23. The predicted octanol–water partition coefficient (Wildman–Crippen LogP) is 3.34. The van der Waals surface area contributed by atoms with Crippen molar-refractivity contribution in [2.45, 2.75) is 37.8 Å². The second kappa shape index (κ2) is 9.45. The zero-order valence-corrected chi connectivity index (χ0v) is 15.6. The largest absolute Gasteiger partial charge is 0.481 e. The number of hydrogen-bond acceptors (Lipinski definition) is 5. The van der Waals surface area contributed by atoms with Gasteiger partial charge < -0.3 is 15.4 Å². The maximum absolute atomic E-state index is 13.2. The Bertz CT molecular complexity index is 786. The summed E-state index contributed by atoms with van der Waals surface area (Å²) in [5.74, 6) is -1.37. The summed E-state index contributed by atoms with van der Waals surface area (Å²) in [5, 5.41) is 6.15. The lowest BCUT2D eigenvalue weighted by atomic mass is 9.91. The van der Waals surface area contributed by atoms with E-state index in [2.05, 4.69) is 20.6 Å². The average molecular weight is 399 g/mol. The summed E-state index contributed by atoms with van der Waals surface area (Å²) >= 11 is 0. The van der Waals surface area contributed by atoms with Gasteiger partial charge in [-0.1, -0.05) is 0 Å². The van der Waals surface area contributed by atoms with E-state index in [1.54, 1.807) is 19.4 Å². The van der Waals surface area contributed by atoms with Crippen LogP contribution < -0.4 is 15.4 Å². The molecule has 2 N–H and O–H groups in total. The van der Waals surface area contributed by atoms with Crippen LogP contribution in [0.2, 0.25) is 0 Å². The Hall–Kier alpha value is -2.48. The van der Waals surface area contributed by atoms with Crippen LogP contribution in [0.1, 0.15) is 36.0 Å². The first kappa shape index (κ1) is 20.8. The lowest BCUT2D eigenvalue weighted by Gasteiger charge is -2.29. The van der Waals surface area contributed by atoms with Gasteiger partial charge in [-0.05, 0) is 43.9 Å². The smallest absolute Gasteiger partial charge is 0.251 e. The molecule has 6 nitrogen and oxygen atoms in total. The molecule has 0 saturated heterocycles. The molecule has 1 aliphatic carbocycles. The lowest BCUT2D eigenvalue weighted by molar-refractivity contribution is 0.0926.